The molecule has 1 heterocycles. The van der Waals surface area contributed by atoms with Gasteiger partial charge in [-0.3, -0.25) is 9.78 Å². The Hall–Kier alpha value is -2.09. The van der Waals surface area contributed by atoms with E-state index in [1.807, 2.05) is 6.07 Å². The molecule has 2 aromatic rings. The molecule has 106 valence electrons. The van der Waals surface area contributed by atoms with E-state index >= 15 is 0 Å². The summed E-state index contributed by atoms with van der Waals surface area (Å²) in [5.74, 6) is -0.625. The van der Waals surface area contributed by atoms with Crippen LogP contribution < -0.4 is 5.32 Å². The Balaban J connectivity index is 2.27. The normalized spacial score (nSPS) is 11.6. The van der Waals surface area contributed by atoms with E-state index in [2.05, 4.69) is 15.3 Å². The molecular weight excluding hydrogens is 262 g/mol. The number of carbonyl (C=O) groups excluding carboxylic acids is 1. The van der Waals surface area contributed by atoms with Crippen molar-refractivity contribution < 1.29 is 20.1 Å². The van der Waals surface area contributed by atoms with E-state index in [9.17, 15) is 20.1 Å². The second-order valence-corrected chi connectivity index (χ2v) is 4.45. The lowest BCUT2D eigenvalue weighted by Gasteiger charge is -2.28. The highest BCUT2D eigenvalue weighted by Crippen LogP contribution is 2.10. The molecule has 7 nitrogen and oxygen atoms in total. The van der Waals surface area contributed by atoms with Crippen molar-refractivity contribution in [1.29, 1.82) is 0 Å². The maximum Gasteiger partial charge on any atom is 0.272 e. The number of aliphatic hydroxyl groups is 3. The van der Waals surface area contributed by atoms with Gasteiger partial charge >= 0.3 is 0 Å². The first-order chi connectivity index (χ1) is 9.64. The lowest BCUT2D eigenvalue weighted by molar-refractivity contribution is 0.0373. The molecule has 0 unspecified atom stereocenters. The quantitative estimate of drug-likeness (QED) is 0.561. The summed E-state index contributed by atoms with van der Waals surface area (Å²) < 4.78 is 0. The van der Waals surface area contributed by atoms with Gasteiger partial charge in [-0.1, -0.05) is 12.1 Å². The van der Waals surface area contributed by atoms with Gasteiger partial charge in [-0.25, -0.2) is 4.98 Å². The summed E-state index contributed by atoms with van der Waals surface area (Å²) in [6.07, 6.45) is 1.30. The minimum Gasteiger partial charge on any atom is -0.394 e. The number of benzene rings is 1. The van der Waals surface area contributed by atoms with Crippen molar-refractivity contribution in [2.75, 3.05) is 19.8 Å². The van der Waals surface area contributed by atoms with Crippen LogP contribution in [-0.2, 0) is 0 Å². The zero-order valence-electron chi connectivity index (χ0n) is 10.7. The van der Waals surface area contributed by atoms with Crippen LogP contribution >= 0.6 is 0 Å². The van der Waals surface area contributed by atoms with Gasteiger partial charge in [0.2, 0.25) is 0 Å². The summed E-state index contributed by atoms with van der Waals surface area (Å²) in [7, 11) is 0. The first-order valence-corrected chi connectivity index (χ1v) is 6.01. The summed E-state index contributed by atoms with van der Waals surface area (Å²) in [4.78, 5) is 20.3. The number of nitrogens with zero attached hydrogens (tertiary/aromatic N) is 2. The molecule has 0 aliphatic carbocycles. The smallest absolute Gasteiger partial charge is 0.272 e. The number of rotatable bonds is 5. The summed E-state index contributed by atoms with van der Waals surface area (Å²) in [5.41, 5.74) is -0.224. The Morgan fingerprint density at radius 3 is 2.30 bits per heavy atom. The van der Waals surface area contributed by atoms with Crippen molar-refractivity contribution >= 4 is 16.9 Å². The van der Waals surface area contributed by atoms with Crippen molar-refractivity contribution in [2.45, 2.75) is 5.54 Å². The van der Waals surface area contributed by atoms with E-state index in [1.165, 1.54) is 6.20 Å². The molecule has 7 heteroatoms. The van der Waals surface area contributed by atoms with Gasteiger partial charge < -0.3 is 20.6 Å². The molecule has 0 fully saturated rings. The molecule has 0 aliphatic heterocycles. The van der Waals surface area contributed by atoms with Crippen LogP contribution in [0.15, 0.2) is 30.5 Å². The third-order valence-corrected chi connectivity index (χ3v) is 2.97. The third-order valence-electron chi connectivity index (χ3n) is 2.97. The number of fused-ring (bicyclic) bond motifs is 1. The molecule has 20 heavy (non-hydrogen) atoms. The fourth-order valence-electron chi connectivity index (χ4n) is 1.64. The van der Waals surface area contributed by atoms with E-state index < -0.39 is 31.3 Å². The number of para-hydroxylation sites is 2. The van der Waals surface area contributed by atoms with Crippen LogP contribution in [0.1, 0.15) is 10.5 Å². The second kappa shape index (κ2) is 5.91. The highest BCUT2D eigenvalue weighted by atomic mass is 16.3. The molecule has 0 saturated carbocycles. The number of aromatic nitrogens is 2. The van der Waals surface area contributed by atoms with Crippen molar-refractivity contribution in [2.24, 2.45) is 0 Å². The fraction of sp³-hybridized carbons (Fsp3) is 0.308. The molecular formula is C13H15N3O4. The van der Waals surface area contributed by atoms with Crippen LogP contribution in [0.25, 0.3) is 11.0 Å². The summed E-state index contributed by atoms with van der Waals surface area (Å²) in [6.45, 7) is -1.77. The van der Waals surface area contributed by atoms with Crippen LogP contribution in [0.5, 0.6) is 0 Å². The number of hydrogen-bond donors (Lipinski definition) is 4. The van der Waals surface area contributed by atoms with Gasteiger partial charge in [-0.05, 0) is 12.1 Å². The first-order valence-electron chi connectivity index (χ1n) is 6.01. The standard InChI is InChI=1S/C13H15N3O4/c17-6-13(7-18,8-19)16-12(20)11-5-14-9-3-1-2-4-10(9)15-11/h1-5,17-19H,6-8H2,(H,16,20). The Labute approximate surface area is 114 Å². The molecule has 0 atom stereocenters. The molecule has 1 aromatic carbocycles. The average Bonchev–Trinajstić information content (AvgIpc) is 2.52. The molecule has 4 N–H and O–H groups in total. The largest absolute Gasteiger partial charge is 0.394 e. The molecule has 0 aliphatic rings. The van der Waals surface area contributed by atoms with E-state index in [4.69, 9.17) is 0 Å². The molecule has 1 amide bonds. The van der Waals surface area contributed by atoms with Crippen LogP contribution in [0.2, 0.25) is 0 Å². The van der Waals surface area contributed by atoms with E-state index in [-0.39, 0.29) is 5.69 Å². The summed E-state index contributed by atoms with van der Waals surface area (Å²) in [5, 5.41) is 29.9. The molecule has 0 saturated heterocycles. The zero-order chi connectivity index (χ0) is 14.6. The Morgan fingerprint density at radius 1 is 1.10 bits per heavy atom. The van der Waals surface area contributed by atoms with Crippen molar-refractivity contribution in [3.05, 3.63) is 36.2 Å². The lowest BCUT2D eigenvalue weighted by atomic mass is 10.0. The number of nitrogens with one attached hydrogen (secondary N) is 1. The number of hydrogen-bond acceptors (Lipinski definition) is 6. The van der Waals surface area contributed by atoms with E-state index in [0.717, 1.165) is 0 Å². The SMILES string of the molecule is O=C(NC(CO)(CO)CO)c1cnc2ccccc2n1. The van der Waals surface area contributed by atoms with Crippen molar-refractivity contribution in [1.82, 2.24) is 15.3 Å². The monoisotopic (exact) mass is 277 g/mol. The minimum absolute atomic E-state index is 0.0448. The molecule has 1 aromatic heterocycles. The Kier molecular flexibility index (Phi) is 4.23. The van der Waals surface area contributed by atoms with Gasteiger partial charge in [0.15, 0.2) is 0 Å². The molecule has 2 rings (SSSR count). The van der Waals surface area contributed by atoms with Crippen molar-refractivity contribution in [3.63, 3.8) is 0 Å². The number of aliphatic hydroxyl groups excluding tert-OH is 3. The van der Waals surface area contributed by atoms with Crippen LogP contribution in [-0.4, -0.2) is 56.6 Å². The molecule has 0 bridgehead atoms. The predicted octanol–water partition coefficient (Wildman–Crippen LogP) is -0.925. The Morgan fingerprint density at radius 2 is 1.70 bits per heavy atom. The van der Waals surface area contributed by atoms with Gasteiger partial charge in [0.1, 0.15) is 11.2 Å². The van der Waals surface area contributed by atoms with Crippen molar-refractivity contribution in [3.8, 4) is 0 Å². The topological polar surface area (TPSA) is 116 Å². The van der Waals surface area contributed by atoms with Gasteiger partial charge in [0.25, 0.3) is 5.91 Å². The van der Waals surface area contributed by atoms with Gasteiger partial charge in [-0.2, -0.15) is 0 Å². The van der Waals surface area contributed by atoms with Gasteiger partial charge in [0, 0.05) is 0 Å². The maximum absolute atomic E-state index is 12.0. The maximum atomic E-state index is 12.0. The van der Waals surface area contributed by atoms with E-state index in [1.54, 1.807) is 18.2 Å². The van der Waals surface area contributed by atoms with E-state index in [0.29, 0.717) is 11.0 Å². The summed E-state index contributed by atoms with van der Waals surface area (Å²) >= 11 is 0. The second-order valence-electron chi connectivity index (χ2n) is 4.45. The first kappa shape index (κ1) is 14.3. The van der Waals surface area contributed by atoms with Crippen LogP contribution in [0.3, 0.4) is 0 Å². The predicted molar refractivity (Wildman–Crippen MR) is 71.0 cm³/mol. The number of amides is 1. The minimum atomic E-state index is -1.48. The molecule has 0 spiro atoms. The third kappa shape index (κ3) is 2.74. The Bertz CT molecular complexity index is 605. The fourth-order valence-corrected chi connectivity index (χ4v) is 1.64. The highest BCUT2D eigenvalue weighted by molar-refractivity contribution is 5.94. The summed E-state index contributed by atoms with van der Waals surface area (Å²) in [6, 6.07) is 7.07. The van der Waals surface area contributed by atoms with Crippen LogP contribution in [0, 0.1) is 0 Å². The molecule has 0 radical (unpaired) electrons. The average molecular weight is 277 g/mol. The zero-order valence-corrected chi connectivity index (χ0v) is 10.7. The lowest BCUT2D eigenvalue weighted by Crippen LogP contribution is -2.57. The highest BCUT2D eigenvalue weighted by Gasteiger charge is 2.30. The van der Waals surface area contributed by atoms with Gasteiger partial charge in [0.05, 0.1) is 37.1 Å². The van der Waals surface area contributed by atoms with Gasteiger partial charge in [-0.15, -0.1) is 0 Å². The number of carbonyl (C=O) groups is 1. The van der Waals surface area contributed by atoms with Crippen LogP contribution in [0.4, 0.5) is 0 Å².